The van der Waals surface area contributed by atoms with E-state index in [4.69, 9.17) is 21.1 Å². The first kappa shape index (κ1) is 17.5. The van der Waals surface area contributed by atoms with Crippen molar-refractivity contribution in [1.82, 2.24) is 15.3 Å². The zero-order chi connectivity index (χ0) is 17.6. The van der Waals surface area contributed by atoms with E-state index >= 15 is 0 Å². The normalized spacial score (nSPS) is 19.9. The summed E-state index contributed by atoms with van der Waals surface area (Å²) in [5.74, 6) is 0.963. The molecule has 6 nitrogen and oxygen atoms in total. The van der Waals surface area contributed by atoms with Gasteiger partial charge in [-0.15, -0.1) is 0 Å². The number of amides is 1. The second kappa shape index (κ2) is 8.16. The van der Waals surface area contributed by atoms with Crippen LogP contribution in [-0.4, -0.2) is 35.1 Å². The van der Waals surface area contributed by atoms with E-state index in [2.05, 4.69) is 15.3 Å². The molecule has 1 amide bonds. The van der Waals surface area contributed by atoms with Crippen molar-refractivity contribution in [3.05, 3.63) is 47.2 Å². The van der Waals surface area contributed by atoms with Gasteiger partial charge in [-0.1, -0.05) is 11.6 Å². The van der Waals surface area contributed by atoms with Gasteiger partial charge in [-0.3, -0.25) is 4.79 Å². The van der Waals surface area contributed by atoms with E-state index in [9.17, 15) is 4.79 Å². The molecule has 7 heteroatoms. The molecule has 132 valence electrons. The molecule has 0 radical (unpaired) electrons. The lowest BCUT2D eigenvalue weighted by Crippen LogP contribution is -2.39. The molecule has 0 aliphatic heterocycles. The number of nitrogens with one attached hydrogen (secondary N) is 1. The van der Waals surface area contributed by atoms with E-state index in [0.717, 1.165) is 25.7 Å². The number of halogens is 1. The molecule has 0 saturated heterocycles. The number of hydrogen-bond acceptors (Lipinski definition) is 5. The summed E-state index contributed by atoms with van der Waals surface area (Å²) in [5, 5.41) is 3.65. The van der Waals surface area contributed by atoms with Gasteiger partial charge in [0.05, 0.1) is 17.7 Å². The van der Waals surface area contributed by atoms with Crippen LogP contribution in [0.3, 0.4) is 0 Å². The van der Waals surface area contributed by atoms with E-state index in [1.807, 2.05) is 0 Å². The van der Waals surface area contributed by atoms with Crippen molar-refractivity contribution >= 4 is 17.5 Å². The summed E-state index contributed by atoms with van der Waals surface area (Å²) < 4.78 is 10.9. The molecule has 0 unspecified atom stereocenters. The molecule has 1 saturated carbocycles. The van der Waals surface area contributed by atoms with Crippen LogP contribution < -0.4 is 14.8 Å². The number of methoxy groups -OCH3 is 1. The fraction of sp³-hybridized carbons (Fsp3) is 0.389. The molecule has 2 aromatic rings. The quantitative estimate of drug-likeness (QED) is 0.884. The molecule has 0 atom stereocenters. The Balaban J connectivity index is 1.46. The van der Waals surface area contributed by atoms with Gasteiger partial charge in [0.15, 0.2) is 0 Å². The van der Waals surface area contributed by atoms with Gasteiger partial charge in [-0.2, -0.15) is 0 Å². The highest BCUT2D eigenvalue weighted by molar-refractivity contribution is 6.30. The van der Waals surface area contributed by atoms with Crippen molar-refractivity contribution in [2.24, 2.45) is 0 Å². The van der Waals surface area contributed by atoms with Gasteiger partial charge >= 0.3 is 0 Å². The molecule has 0 spiro atoms. The minimum absolute atomic E-state index is 0.112. The lowest BCUT2D eigenvalue weighted by atomic mass is 9.92. The summed E-state index contributed by atoms with van der Waals surface area (Å²) in [4.78, 5) is 20.5. The van der Waals surface area contributed by atoms with Crippen LogP contribution in [0.1, 0.15) is 36.0 Å². The lowest BCUT2D eigenvalue weighted by Gasteiger charge is -2.29. The lowest BCUT2D eigenvalue weighted by molar-refractivity contribution is 0.0889. The average molecular weight is 362 g/mol. The predicted octanol–water partition coefficient (Wildman–Crippen LogP) is 3.26. The van der Waals surface area contributed by atoms with Crippen LogP contribution in [0.15, 0.2) is 36.7 Å². The second-order valence-corrected chi connectivity index (χ2v) is 6.41. The number of pyridine rings is 2. The number of carbonyl (C=O) groups is 1. The molecule has 0 aromatic carbocycles. The second-order valence-electron chi connectivity index (χ2n) is 5.97. The first-order valence-corrected chi connectivity index (χ1v) is 8.61. The highest BCUT2D eigenvalue weighted by atomic mass is 35.5. The molecule has 25 heavy (non-hydrogen) atoms. The fourth-order valence-electron chi connectivity index (χ4n) is 2.83. The summed E-state index contributed by atoms with van der Waals surface area (Å²) in [6.45, 7) is 0. The predicted molar refractivity (Wildman–Crippen MR) is 94.2 cm³/mol. The summed E-state index contributed by atoms with van der Waals surface area (Å²) in [5.41, 5.74) is 0.532. The first-order valence-electron chi connectivity index (χ1n) is 8.23. The SMILES string of the molecule is COc1ccc(C(=O)NC2CCC(Oc3ccc(Cl)cn3)CC2)cn1. The third-order valence-electron chi connectivity index (χ3n) is 4.20. The summed E-state index contributed by atoms with van der Waals surface area (Å²) in [6.07, 6.45) is 6.69. The van der Waals surface area contributed by atoms with Crippen LogP contribution in [0.2, 0.25) is 5.02 Å². The fourth-order valence-corrected chi connectivity index (χ4v) is 2.94. The van der Waals surface area contributed by atoms with Crippen molar-refractivity contribution < 1.29 is 14.3 Å². The number of carbonyl (C=O) groups excluding carboxylic acids is 1. The summed E-state index contributed by atoms with van der Waals surface area (Å²) in [6, 6.07) is 7.07. The molecule has 2 heterocycles. The molecule has 1 aliphatic carbocycles. The molecule has 1 fully saturated rings. The minimum Gasteiger partial charge on any atom is -0.481 e. The van der Waals surface area contributed by atoms with Crippen LogP contribution in [0.25, 0.3) is 0 Å². The zero-order valence-electron chi connectivity index (χ0n) is 13.9. The van der Waals surface area contributed by atoms with Crippen molar-refractivity contribution in [3.63, 3.8) is 0 Å². The van der Waals surface area contributed by atoms with E-state index < -0.39 is 0 Å². The number of rotatable bonds is 5. The third kappa shape index (κ3) is 4.82. The molecule has 1 aliphatic rings. The van der Waals surface area contributed by atoms with Crippen LogP contribution >= 0.6 is 11.6 Å². The zero-order valence-corrected chi connectivity index (χ0v) is 14.7. The highest BCUT2D eigenvalue weighted by Gasteiger charge is 2.24. The van der Waals surface area contributed by atoms with Crippen LogP contribution in [0, 0.1) is 0 Å². The smallest absolute Gasteiger partial charge is 0.253 e. The molecule has 3 rings (SSSR count). The third-order valence-corrected chi connectivity index (χ3v) is 4.43. The Hall–Kier alpha value is -2.34. The molecule has 2 aromatic heterocycles. The van der Waals surface area contributed by atoms with Gasteiger partial charge in [0.1, 0.15) is 6.10 Å². The van der Waals surface area contributed by atoms with Gasteiger partial charge in [0.25, 0.3) is 5.91 Å². The first-order chi connectivity index (χ1) is 12.1. The van der Waals surface area contributed by atoms with Crippen LogP contribution in [-0.2, 0) is 0 Å². The van der Waals surface area contributed by atoms with Gasteiger partial charge in [0.2, 0.25) is 11.8 Å². The maximum atomic E-state index is 12.3. The van der Waals surface area contributed by atoms with Gasteiger partial charge in [0, 0.05) is 30.6 Å². The Kier molecular flexibility index (Phi) is 5.71. The monoisotopic (exact) mass is 361 g/mol. The van der Waals surface area contributed by atoms with Gasteiger partial charge in [-0.05, 0) is 37.8 Å². The Bertz CT molecular complexity index is 699. The maximum Gasteiger partial charge on any atom is 0.253 e. The standard InChI is InChI=1S/C18H20ClN3O3/c1-24-16-8-2-12(10-20-16)18(23)22-14-4-6-15(7-5-14)25-17-9-3-13(19)11-21-17/h2-3,8-11,14-15H,4-7H2,1H3,(H,22,23). The largest absolute Gasteiger partial charge is 0.481 e. The van der Waals surface area contributed by atoms with Gasteiger partial charge in [-0.25, -0.2) is 9.97 Å². The summed E-state index contributed by atoms with van der Waals surface area (Å²) in [7, 11) is 1.54. The maximum absolute atomic E-state index is 12.3. The number of nitrogens with zero attached hydrogens (tertiary/aromatic N) is 2. The Morgan fingerprint density at radius 3 is 2.40 bits per heavy atom. The van der Waals surface area contributed by atoms with Crippen LogP contribution in [0.4, 0.5) is 0 Å². The Morgan fingerprint density at radius 2 is 1.80 bits per heavy atom. The van der Waals surface area contributed by atoms with Crippen LogP contribution in [0.5, 0.6) is 11.8 Å². The minimum atomic E-state index is -0.112. The van der Waals surface area contributed by atoms with Crippen molar-refractivity contribution in [1.29, 1.82) is 0 Å². The molecular formula is C18H20ClN3O3. The molecule has 1 N–H and O–H groups in total. The number of hydrogen-bond donors (Lipinski definition) is 1. The van der Waals surface area contributed by atoms with E-state index in [0.29, 0.717) is 22.3 Å². The molecular weight excluding hydrogens is 342 g/mol. The average Bonchev–Trinajstić information content (AvgIpc) is 2.65. The van der Waals surface area contributed by atoms with Crippen molar-refractivity contribution in [2.75, 3.05) is 7.11 Å². The topological polar surface area (TPSA) is 73.3 Å². The van der Waals surface area contributed by atoms with Crippen molar-refractivity contribution in [2.45, 2.75) is 37.8 Å². The Morgan fingerprint density at radius 1 is 1.08 bits per heavy atom. The van der Waals surface area contributed by atoms with Crippen molar-refractivity contribution in [3.8, 4) is 11.8 Å². The van der Waals surface area contributed by atoms with E-state index in [1.54, 1.807) is 37.6 Å². The van der Waals surface area contributed by atoms with E-state index in [-0.39, 0.29) is 18.1 Å². The Labute approximate surface area is 151 Å². The highest BCUT2D eigenvalue weighted by Crippen LogP contribution is 2.23. The van der Waals surface area contributed by atoms with Gasteiger partial charge < -0.3 is 14.8 Å². The number of aromatic nitrogens is 2. The number of ether oxygens (including phenoxy) is 2. The van der Waals surface area contributed by atoms with E-state index in [1.165, 1.54) is 6.20 Å². The summed E-state index contributed by atoms with van der Waals surface area (Å²) >= 11 is 5.82. The molecule has 0 bridgehead atoms.